The summed E-state index contributed by atoms with van der Waals surface area (Å²) in [5.74, 6) is -0.574. The van der Waals surface area contributed by atoms with Crippen molar-refractivity contribution in [3.8, 4) is 11.4 Å². The van der Waals surface area contributed by atoms with E-state index in [0.29, 0.717) is 36.1 Å². The fourth-order valence-corrected chi connectivity index (χ4v) is 2.16. The number of carbonyl (C=O) groups is 2. The van der Waals surface area contributed by atoms with Crippen LogP contribution in [0.25, 0.3) is 11.4 Å². The van der Waals surface area contributed by atoms with Crippen molar-refractivity contribution in [2.75, 3.05) is 18.0 Å². The second kappa shape index (κ2) is 5.33. The fraction of sp³-hybridized carbons (Fsp3) is 0.231. The summed E-state index contributed by atoms with van der Waals surface area (Å²) in [5.41, 5.74) is 6.63. The minimum atomic E-state index is -0.619. The van der Waals surface area contributed by atoms with Crippen molar-refractivity contribution in [2.45, 2.75) is 6.54 Å². The number of hydrogen-bond acceptors (Lipinski definition) is 6. The van der Waals surface area contributed by atoms with Gasteiger partial charge in [-0.1, -0.05) is 17.3 Å². The summed E-state index contributed by atoms with van der Waals surface area (Å²) in [7, 11) is 0. The summed E-state index contributed by atoms with van der Waals surface area (Å²) in [5, 5.41) is 6.36. The molecule has 1 fully saturated rings. The number of nitrogens with two attached hydrogens (primary N) is 1. The van der Waals surface area contributed by atoms with Crippen LogP contribution in [0.15, 0.2) is 28.8 Å². The van der Waals surface area contributed by atoms with E-state index >= 15 is 0 Å². The minimum absolute atomic E-state index is 0.139. The van der Waals surface area contributed by atoms with E-state index in [9.17, 15) is 9.59 Å². The van der Waals surface area contributed by atoms with Gasteiger partial charge in [0.15, 0.2) is 0 Å². The van der Waals surface area contributed by atoms with Gasteiger partial charge in [0.1, 0.15) is 0 Å². The minimum Gasteiger partial charge on any atom is -0.346 e. The number of nitrogens with zero attached hydrogens (tertiary/aromatic N) is 3. The molecule has 2 aromatic rings. The molecule has 21 heavy (non-hydrogen) atoms. The third-order valence-electron chi connectivity index (χ3n) is 3.14. The van der Waals surface area contributed by atoms with E-state index in [1.807, 2.05) is 0 Å². The van der Waals surface area contributed by atoms with Crippen LogP contribution in [0.5, 0.6) is 0 Å². The van der Waals surface area contributed by atoms with E-state index in [4.69, 9.17) is 10.3 Å². The number of benzene rings is 1. The van der Waals surface area contributed by atoms with Crippen LogP contribution in [-0.4, -0.2) is 35.0 Å². The molecule has 0 bridgehead atoms. The molecule has 0 unspecified atom stereocenters. The number of nitrogens with one attached hydrogen (secondary N) is 1. The van der Waals surface area contributed by atoms with Crippen molar-refractivity contribution >= 4 is 17.5 Å². The molecule has 2 amide bonds. The monoisotopic (exact) mass is 287 g/mol. The van der Waals surface area contributed by atoms with Crippen LogP contribution < -0.4 is 16.0 Å². The summed E-state index contributed by atoms with van der Waals surface area (Å²) in [4.78, 5) is 29.1. The SMILES string of the molecule is NCc1nc(-c2ccccc2N2CCNC(=O)C2=O)no1. The van der Waals surface area contributed by atoms with Crippen LogP contribution >= 0.6 is 0 Å². The van der Waals surface area contributed by atoms with E-state index in [1.54, 1.807) is 24.3 Å². The van der Waals surface area contributed by atoms with Crippen molar-refractivity contribution in [1.82, 2.24) is 15.5 Å². The largest absolute Gasteiger partial charge is 0.346 e. The number of rotatable bonds is 3. The Bertz CT molecular complexity index is 697. The highest BCUT2D eigenvalue weighted by molar-refractivity contribution is 6.41. The van der Waals surface area contributed by atoms with E-state index in [-0.39, 0.29) is 6.54 Å². The van der Waals surface area contributed by atoms with Gasteiger partial charge in [0.05, 0.1) is 12.2 Å². The Kier molecular flexibility index (Phi) is 3.36. The van der Waals surface area contributed by atoms with Crippen molar-refractivity contribution in [3.05, 3.63) is 30.2 Å². The second-order valence-electron chi connectivity index (χ2n) is 4.45. The molecule has 0 radical (unpaired) electrons. The third-order valence-corrected chi connectivity index (χ3v) is 3.14. The molecule has 2 heterocycles. The highest BCUT2D eigenvalue weighted by Crippen LogP contribution is 2.29. The Balaban J connectivity index is 2.03. The van der Waals surface area contributed by atoms with Gasteiger partial charge in [-0.15, -0.1) is 0 Å². The Morgan fingerprint density at radius 1 is 1.33 bits per heavy atom. The number of aromatic nitrogens is 2. The van der Waals surface area contributed by atoms with Crippen LogP contribution in [0.1, 0.15) is 5.89 Å². The van der Waals surface area contributed by atoms with Gasteiger partial charge in [-0.2, -0.15) is 4.98 Å². The van der Waals surface area contributed by atoms with Crippen molar-refractivity contribution in [1.29, 1.82) is 0 Å². The number of amides is 2. The third kappa shape index (κ3) is 2.36. The number of para-hydroxylation sites is 1. The summed E-state index contributed by atoms with van der Waals surface area (Å²) in [6, 6.07) is 7.08. The lowest BCUT2D eigenvalue weighted by molar-refractivity contribution is -0.138. The van der Waals surface area contributed by atoms with E-state index in [2.05, 4.69) is 15.5 Å². The van der Waals surface area contributed by atoms with Gasteiger partial charge in [0.25, 0.3) is 0 Å². The first-order valence-electron chi connectivity index (χ1n) is 6.42. The van der Waals surface area contributed by atoms with Crippen LogP contribution in [0, 0.1) is 0 Å². The molecule has 8 heteroatoms. The first-order valence-corrected chi connectivity index (χ1v) is 6.42. The highest BCUT2D eigenvalue weighted by Gasteiger charge is 2.29. The smallest absolute Gasteiger partial charge is 0.316 e. The first-order chi connectivity index (χ1) is 10.2. The maximum Gasteiger partial charge on any atom is 0.316 e. The van der Waals surface area contributed by atoms with Crippen molar-refractivity contribution in [2.24, 2.45) is 5.73 Å². The molecule has 8 nitrogen and oxygen atoms in total. The van der Waals surface area contributed by atoms with E-state index in [0.717, 1.165) is 0 Å². The zero-order valence-corrected chi connectivity index (χ0v) is 11.1. The normalized spacial score (nSPS) is 15.2. The van der Waals surface area contributed by atoms with Gasteiger partial charge in [-0.25, -0.2) is 0 Å². The summed E-state index contributed by atoms with van der Waals surface area (Å²) in [6.45, 7) is 0.933. The zero-order chi connectivity index (χ0) is 14.8. The molecular formula is C13H13N5O3. The number of anilines is 1. The summed E-state index contributed by atoms with van der Waals surface area (Å²) in [6.07, 6.45) is 0. The molecule has 108 valence electrons. The molecular weight excluding hydrogens is 274 g/mol. The average Bonchev–Trinajstić information content (AvgIpc) is 2.99. The lowest BCUT2D eigenvalue weighted by Gasteiger charge is -2.27. The van der Waals surface area contributed by atoms with Gasteiger partial charge in [0, 0.05) is 18.7 Å². The molecule has 1 saturated heterocycles. The van der Waals surface area contributed by atoms with Crippen LogP contribution in [0.4, 0.5) is 5.69 Å². The Hall–Kier alpha value is -2.74. The molecule has 1 aliphatic heterocycles. The molecule has 0 aliphatic carbocycles. The number of piperazine rings is 1. The molecule has 1 aliphatic rings. The Morgan fingerprint density at radius 2 is 2.14 bits per heavy atom. The van der Waals surface area contributed by atoms with Gasteiger partial charge < -0.3 is 20.5 Å². The standard InChI is InChI=1S/C13H13N5O3/c14-7-10-16-11(17-21-10)8-3-1-2-4-9(8)18-6-5-15-12(19)13(18)20/h1-4H,5-7,14H2,(H,15,19). The number of hydrogen-bond donors (Lipinski definition) is 2. The molecule has 0 saturated carbocycles. The van der Waals surface area contributed by atoms with Crippen molar-refractivity contribution < 1.29 is 14.1 Å². The van der Waals surface area contributed by atoms with E-state index in [1.165, 1.54) is 4.90 Å². The average molecular weight is 287 g/mol. The molecule has 1 aromatic carbocycles. The van der Waals surface area contributed by atoms with Crippen LogP contribution in [-0.2, 0) is 16.1 Å². The maximum absolute atomic E-state index is 12.0. The van der Waals surface area contributed by atoms with E-state index < -0.39 is 11.8 Å². The predicted octanol–water partition coefficient (Wildman–Crippen LogP) is -0.342. The number of carbonyl (C=O) groups excluding carboxylic acids is 2. The lowest BCUT2D eigenvalue weighted by atomic mass is 10.1. The van der Waals surface area contributed by atoms with Gasteiger partial charge in [-0.3, -0.25) is 9.59 Å². The fourth-order valence-electron chi connectivity index (χ4n) is 2.16. The summed E-state index contributed by atoms with van der Waals surface area (Å²) < 4.78 is 4.99. The predicted molar refractivity (Wildman–Crippen MR) is 73.0 cm³/mol. The van der Waals surface area contributed by atoms with Gasteiger partial charge in [-0.05, 0) is 12.1 Å². The molecule has 3 rings (SSSR count). The molecule has 3 N–H and O–H groups in total. The van der Waals surface area contributed by atoms with Crippen LogP contribution in [0.2, 0.25) is 0 Å². The topological polar surface area (TPSA) is 114 Å². The second-order valence-corrected chi connectivity index (χ2v) is 4.45. The molecule has 1 aromatic heterocycles. The quantitative estimate of drug-likeness (QED) is 0.746. The first kappa shape index (κ1) is 13.3. The Morgan fingerprint density at radius 3 is 2.90 bits per heavy atom. The summed E-state index contributed by atoms with van der Waals surface area (Å²) >= 11 is 0. The van der Waals surface area contributed by atoms with Gasteiger partial charge >= 0.3 is 11.8 Å². The lowest BCUT2D eigenvalue weighted by Crippen LogP contribution is -2.52. The molecule has 0 atom stereocenters. The maximum atomic E-state index is 12.0. The zero-order valence-electron chi connectivity index (χ0n) is 11.1. The molecule has 0 spiro atoms. The van der Waals surface area contributed by atoms with Gasteiger partial charge in [0.2, 0.25) is 11.7 Å². The highest BCUT2D eigenvalue weighted by atomic mass is 16.5. The Labute approximate surface area is 119 Å². The van der Waals surface area contributed by atoms with Crippen LogP contribution in [0.3, 0.4) is 0 Å². The van der Waals surface area contributed by atoms with Crippen molar-refractivity contribution in [3.63, 3.8) is 0 Å².